The standard InChI is InChI=1S/C20H32N4O3/c1-14-8-15(2)11-23(10-14)17-7-6-16(9-18(17)24(26)27)19(25)22(5)13-20(3,4)12-21/h6-7,9,14-15H,8,10-13,21H2,1-5H3. The molecule has 27 heavy (non-hydrogen) atoms. The van der Waals surface area contributed by atoms with Crippen LogP contribution in [0.5, 0.6) is 0 Å². The fraction of sp³-hybridized carbons (Fsp3) is 0.650. The summed E-state index contributed by atoms with van der Waals surface area (Å²) in [6.45, 7) is 10.8. The number of benzene rings is 1. The second-order valence-electron chi connectivity index (χ2n) is 8.84. The molecule has 1 heterocycles. The molecule has 1 aromatic carbocycles. The second kappa shape index (κ2) is 8.25. The summed E-state index contributed by atoms with van der Waals surface area (Å²) in [5.41, 5.74) is 6.46. The molecule has 0 radical (unpaired) electrons. The molecule has 2 atom stereocenters. The Morgan fingerprint density at radius 2 is 1.93 bits per heavy atom. The van der Waals surface area contributed by atoms with E-state index in [0.717, 1.165) is 19.5 Å². The number of hydrogen-bond acceptors (Lipinski definition) is 5. The number of carbonyl (C=O) groups excluding carboxylic acids is 1. The maximum absolute atomic E-state index is 12.8. The van der Waals surface area contributed by atoms with E-state index < -0.39 is 0 Å². The number of carbonyl (C=O) groups is 1. The van der Waals surface area contributed by atoms with Gasteiger partial charge in [0.15, 0.2) is 0 Å². The molecular formula is C20H32N4O3. The van der Waals surface area contributed by atoms with Crippen molar-refractivity contribution in [2.45, 2.75) is 34.1 Å². The first kappa shape index (κ1) is 21.2. The quantitative estimate of drug-likeness (QED) is 0.608. The summed E-state index contributed by atoms with van der Waals surface area (Å²) in [5, 5.41) is 11.7. The zero-order chi connectivity index (χ0) is 20.4. The maximum atomic E-state index is 12.8. The highest BCUT2D eigenvalue weighted by atomic mass is 16.6. The van der Waals surface area contributed by atoms with Gasteiger partial charge in [-0.2, -0.15) is 0 Å². The first-order chi connectivity index (χ1) is 12.5. The Morgan fingerprint density at radius 3 is 2.44 bits per heavy atom. The third-order valence-electron chi connectivity index (χ3n) is 5.19. The first-order valence-corrected chi connectivity index (χ1v) is 9.53. The summed E-state index contributed by atoms with van der Waals surface area (Å²) in [6, 6.07) is 4.83. The monoisotopic (exact) mass is 376 g/mol. The normalized spacial score (nSPS) is 20.4. The van der Waals surface area contributed by atoms with Crippen LogP contribution in [-0.4, -0.2) is 49.0 Å². The molecule has 1 aliphatic rings. The number of piperidine rings is 1. The van der Waals surface area contributed by atoms with Gasteiger partial charge in [0, 0.05) is 38.3 Å². The highest BCUT2D eigenvalue weighted by molar-refractivity contribution is 5.95. The molecule has 1 aliphatic heterocycles. The highest BCUT2D eigenvalue weighted by Gasteiger charge is 2.29. The minimum absolute atomic E-state index is 0.00589. The molecule has 1 amide bonds. The number of hydrogen-bond donors (Lipinski definition) is 1. The molecule has 0 aromatic heterocycles. The fourth-order valence-corrected chi connectivity index (χ4v) is 3.93. The molecule has 0 aliphatic carbocycles. The van der Waals surface area contributed by atoms with Gasteiger partial charge in [-0.3, -0.25) is 14.9 Å². The topological polar surface area (TPSA) is 92.7 Å². The molecule has 0 bridgehead atoms. The van der Waals surface area contributed by atoms with E-state index in [-0.39, 0.29) is 21.9 Å². The zero-order valence-corrected chi connectivity index (χ0v) is 17.1. The van der Waals surface area contributed by atoms with Crippen molar-refractivity contribution in [2.75, 3.05) is 38.1 Å². The Bertz CT molecular complexity index is 694. The van der Waals surface area contributed by atoms with Crippen LogP contribution in [0.3, 0.4) is 0 Å². The van der Waals surface area contributed by atoms with Crippen molar-refractivity contribution in [1.82, 2.24) is 4.90 Å². The van der Waals surface area contributed by atoms with Crippen molar-refractivity contribution < 1.29 is 9.72 Å². The minimum Gasteiger partial charge on any atom is -0.365 e. The van der Waals surface area contributed by atoms with Crippen LogP contribution in [0.2, 0.25) is 0 Å². The number of amides is 1. The predicted octanol–water partition coefficient (Wildman–Crippen LogP) is 3.13. The lowest BCUT2D eigenvalue weighted by Gasteiger charge is -2.36. The van der Waals surface area contributed by atoms with Gasteiger partial charge in [-0.05, 0) is 42.3 Å². The van der Waals surface area contributed by atoms with Gasteiger partial charge >= 0.3 is 0 Å². The van der Waals surface area contributed by atoms with Crippen molar-refractivity contribution in [3.8, 4) is 0 Å². The molecule has 150 valence electrons. The maximum Gasteiger partial charge on any atom is 0.293 e. The van der Waals surface area contributed by atoms with Crippen LogP contribution in [0.25, 0.3) is 0 Å². The molecule has 2 unspecified atom stereocenters. The number of anilines is 1. The van der Waals surface area contributed by atoms with E-state index in [1.54, 1.807) is 24.1 Å². The molecular weight excluding hydrogens is 344 g/mol. The molecule has 1 saturated heterocycles. The van der Waals surface area contributed by atoms with Gasteiger partial charge in [0.25, 0.3) is 11.6 Å². The van der Waals surface area contributed by atoms with Crippen LogP contribution in [-0.2, 0) is 0 Å². The summed E-state index contributed by atoms with van der Waals surface area (Å²) in [4.78, 5) is 27.7. The molecule has 0 spiro atoms. The Hall–Kier alpha value is -2.15. The van der Waals surface area contributed by atoms with Crippen LogP contribution in [0.4, 0.5) is 11.4 Å². The van der Waals surface area contributed by atoms with Crippen molar-refractivity contribution in [3.05, 3.63) is 33.9 Å². The van der Waals surface area contributed by atoms with E-state index in [0.29, 0.717) is 36.2 Å². The van der Waals surface area contributed by atoms with Gasteiger partial charge in [-0.25, -0.2) is 0 Å². The van der Waals surface area contributed by atoms with E-state index >= 15 is 0 Å². The number of nitro benzene ring substituents is 1. The van der Waals surface area contributed by atoms with E-state index in [1.165, 1.54) is 6.07 Å². The van der Waals surface area contributed by atoms with E-state index in [4.69, 9.17) is 5.73 Å². The number of nitro groups is 1. The number of nitrogens with two attached hydrogens (primary N) is 1. The smallest absolute Gasteiger partial charge is 0.293 e. The SMILES string of the molecule is CC1CC(C)CN(c2ccc(C(=O)N(C)CC(C)(C)CN)cc2[N+](=O)[O-])C1. The van der Waals surface area contributed by atoms with Crippen LogP contribution in [0.1, 0.15) is 44.5 Å². The third kappa shape index (κ3) is 5.19. The summed E-state index contributed by atoms with van der Waals surface area (Å²) < 4.78 is 0. The van der Waals surface area contributed by atoms with E-state index in [1.807, 2.05) is 13.8 Å². The number of rotatable bonds is 6. The van der Waals surface area contributed by atoms with Crippen molar-refractivity contribution >= 4 is 17.3 Å². The highest BCUT2D eigenvalue weighted by Crippen LogP contribution is 2.34. The van der Waals surface area contributed by atoms with Gasteiger partial charge in [0.2, 0.25) is 0 Å². The lowest BCUT2D eigenvalue weighted by molar-refractivity contribution is -0.384. The molecule has 7 nitrogen and oxygen atoms in total. The van der Waals surface area contributed by atoms with Crippen molar-refractivity contribution in [1.29, 1.82) is 0 Å². The first-order valence-electron chi connectivity index (χ1n) is 9.53. The van der Waals surface area contributed by atoms with Crippen molar-refractivity contribution in [2.24, 2.45) is 23.0 Å². The zero-order valence-electron chi connectivity index (χ0n) is 17.1. The average Bonchev–Trinajstić information content (AvgIpc) is 2.59. The molecule has 2 rings (SSSR count). The number of nitrogens with zero attached hydrogens (tertiary/aromatic N) is 3. The molecule has 1 aromatic rings. The van der Waals surface area contributed by atoms with Gasteiger partial charge in [0.05, 0.1) is 4.92 Å². The minimum atomic E-state index is -0.389. The average molecular weight is 377 g/mol. The van der Waals surface area contributed by atoms with E-state index in [2.05, 4.69) is 18.7 Å². The van der Waals surface area contributed by atoms with Crippen molar-refractivity contribution in [3.63, 3.8) is 0 Å². The summed E-state index contributed by atoms with van der Waals surface area (Å²) >= 11 is 0. The largest absolute Gasteiger partial charge is 0.365 e. The second-order valence-corrected chi connectivity index (χ2v) is 8.84. The lowest BCUT2D eigenvalue weighted by atomic mass is 9.91. The van der Waals surface area contributed by atoms with Crippen LogP contribution in [0.15, 0.2) is 18.2 Å². The molecule has 1 fully saturated rings. The van der Waals surface area contributed by atoms with Crippen LogP contribution >= 0.6 is 0 Å². The molecule has 0 saturated carbocycles. The van der Waals surface area contributed by atoms with Gasteiger partial charge in [-0.1, -0.05) is 27.7 Å². The Balaban J connectivity index is 2.29. The summed E-state index contributed by atoms with van der Waals surface area (Å²) in [6.07, 6.45) is 1.13. The van der Waals surface area contributed by atoms with Gasteiger partial charge in [-0.15, -0.1) is 0 Å². The van der Waals surface area contributed by atoms with Crippen LogP contribution < -0.4 is 10.6 Å². The van der Waals surface area contributed by atoms with Gasteiger partial charge in [0.1, 0.15) is 5.69 Å². The predicted molar refractivity (Wildman–Crippen MR) is 108 cm³/mol. The molecule has 7 heteroatoms. The van der Waals surface area contributed by atoms with E-state index in [9.17, 15) is 14.9 Å². The Labute approximate surface area is 161 Å². The van der Waals surface area contributed by atoms with Gasteiger partial charge < -0.3 is 15.5 Å². The molecule has 2 N–H and O–H groups in total. The Morgan fingerprint density at radius 1 is 1.33 bits per heavy atom. The van der Waals surface area contributed by atoms with Crippen LogP contribution in [0, 0.1) is 27.4 Å². The summed E-state index contributed by atoms with van der Waals surface area (Å²) in [5.74, 6) is 0.741. The Kier molecular flexibility index (Phi) is 6.46. The third-order valence-corrected chi connectivity index (χ3v) is 5.19. The lowest BCUT2D eigenvalue weighted by Crippen LogP contribution is -2.40. The fourth-order valence-electron chi connectivity index (χ4n) is 3.93. The summed E-state index contributed by atoms with van der Waals surface area (Å²) in [7, 11) is 1.70.